The molecule has 0 saturated carbocycles. The third kappa shape index (κ3) is 7.79. The van der Waals surface area contributed by atoms with Crippen molar-refractivity contribution in [3.63, 3.8) is 0 Å². The second kappa shape index (κ2) is 10.6. The number of carbonyl (C=O) groups excluding carboxylic acids is 2. The monoisotopic (exact) mass is 462 g/mol. The number of ketones is 1. The van der Waals surface area contributed by atoms with Crippen molar-refractivity contribution in [2.75, 3.05) is 5.32 Å². The standard InChI is InChI=1S/C17H16N2O4.CHF3O3S/c1-2-6-16(20)18-15-11-13(19(22)23)9-10-14(15)17(21)12-7-4-3-5-8-12;2-1(3,4)8(5,6)7/h3-5,7-11H,2,6H2,1H3,(H,18,20);(H,5,6,7). The summed E-state index contributed by atoms with van der Waals surface area (Å²) >= 11 is 0. The average molecular weight is 462 g/mol. The van der Waals surface area contributed by atoms with Gasteiger partial charge in [0, 0.05) is 29.7 Å². The summed E-state index contributed by atoms with van der Waals surface area (Å²) in [5.74, 6) is -0.581. The Morgan fingerprint density at radius 3 is 2.13 bits per heavy atom. The number of nitro benzene ring substituents is 1. The Bertz CT molecular complexity index is 1060. The van der Waals surface area contributed by atoms with Crippen LogP contribution in [0.2, 0.25) is 0 Å². The number of non-ortho nitro benzene ring substituents is 1. The van der Waals surface area contributed by atoms with E-state index in [0.29, 0.717) is 12.0 Å². The molecule has 31 heavy (non-hydrogen) atoms. The van der Waals surface area contributed by atoms with Gasteiger partial charge in [-0.15, -0.1) is 0 Å². The number of benzene rings is 2. The first-order valence-electron chi connectivity index (χ1n) is 8.49. The molecule has 0 unspecified atom stereocenters. The fourth-order valence-electron chi connectivity index (χ4n) is 2.13. The fraction of sp³-hybridized carbons (Fsp3) is 0.222. The Morgan fingerprint density at radius 2 is 1.68 bits per heavy atom. The van der Waals surface area contributed by atoms with Crippen molar-refractivity contribution >= 4 is 33.2 Å². The maximum Gasteiger partial charge on any atom is 0.522 e. The molecule has 2 aromatic rings. The predicted molar refractivity (Wildman–Crippen MR) is 104 cm³/mol. The molecular formula is C18H17F3N2O7S. The Kier molecular flexibility index (Phi) is 8.82. The van der Waals surface area contributed by atoms with Gasteiger partial charge in [-0.3, -0.25) is 24.3 Å². The van der Waals surface area contributed by atoms with E-state index in [1.54, 1.807) is 30.3 Å². The van der Waals surface area contributed by atoms with E-state index in [2.05, 4.69) is 5.32 Å². The summed E-state index contributed by atoms with van der Waals surface area (Å²) in [6.45, 7) is 1.85. The summed E-state index contributed by atoms with van der Waals surface area (Å²) in [5, 5.41) is 13.5. The Hall–Kier alpha value is -3.32. The average Bonchev–Trinajstić information content (AvgIpc) is 2.67. The molecule has 0 fully saturated rings. The first kappa shape index (κ1) is 25.7. The van der Waals surface area contributed by atoms with Gasteiger partial charge in [-0.05, 0) is 12.5 Å². The molecule has 0 aliphatic heterocycles. The van der Waals surface area contributed by atoms with Crippen molar-refractivity contribution in [2.24, 2.45) is 0 Å². The van der Waals surface area contributed by atoms with Crippen molar-refractivity contribution in [3.8, 4) is 0 Å². The summed E-state index contributed by atoms with van der Waals surface area (Å²) in [7, 11) is -5.84. The lowest BCUT2D eigenvalue weighted by atomic mass is 10.0. The van der Waals surface area contributed by atoms with Crippen molar-refractivity contribution in [1.29, 1.82) is 0 Å². The number of nitrogens with one attached hydrogen (secondary N) is 1. The molecule has 13 heteroatoms. The lowest BCUT2D eigenvalue weighted by molar-refractivity contribution is -0.384. The second-order valence-corrected chi connectivity index (χ2v) is 7.31. The summed E-state index contributed by atoms with van der Waals surface area (Å²) in [4.78, 5) is 34.7. The van der Waals surface area contributed by atoms with Gasteiger partial charge in [0.15, 0.2) is 5.78 Å². The molecule has 0 aliphatic carbocycles. The van der Waals surface area contributed by atoms with E-state index in [-0.39, 0.29) is 35.0 Å². The number of hydrogen-bond acceptors (Lipinski definition) is 6. The van der Waals surface area contributed by atoms with E-state index < -0.39 is 20.5 Å². The van der Waals surface area contributed by atoms with Crippen LogP contribution < -0.4 is 5.32 Å². The van der Waals surface area contributed by atoms with Crippen molar-refractivity contribution in [2.45, 2.75) is 25.3 Å². The lowest BCUT2D eigenvalue weighted by Crippen LogP contribution is -2.21. The lowest BCUT2D eigenvalue weighted by Gasteiger charge is -2.10. The molecule has 168 valence electrons. The van der Waals surface area contributed by atoms with Gasteiger partial charge >= 0.3 is 15.6 Å². The molecule has 0 aromatic heterocycles. The maximum absolute atomic E-state index is 12.6. The summed E-state index contributed by atoms with van der Waals surface area (Å²) in [6.07, 6.45) is 0.921. The smallest absolute Gasteiger partial charge is 0.325 e. The number of rotatable bonds is 6. The van der Waals surface area contributed by atoms with Crippen molar-refractivity contribution < 1.29 is 40.7 Å². The van der Waals surface area contributed by atoms with Gasteiger partial charge in [0.25, 0.3) is 5.69 Å². The topological polar surface area (TPSA) is 144 Å². The molecule has 0 aliphatic rings. The highest BCUT2D eigenvalue weighted by Gasteiger charge is 2.44. The van der Waals surface area contributed by atoms with Crippen LogP contribution in [0.1, 0.15) is 35.7 Å². The highest BCUT2D eigenvalue weighted by molar-refractivity contribution is 7.86. The summed E-state index contributed by atoms with van der Waals surface area (Å²) < 4.78 is 57.5. The van der Waals surface area contributed by atoms with Crippen LogP contribution in [0.25, 0.3) is 0 Å². The minimum atomic E-state index is -5.84. The minimum Gasteiger partial charge on any atom is -0.325 e. The van der Waals surface area contributed by atoms with E-state index in [1.165, 1.54) is 18.2 Å². The van der Waals surface area contributed by atoms with Crippen LogP contribution in [0.4, 0.5) is 24.5 Å². The molecular weight excluding hydrogens is 445 g/mol. The van der Waals surface area contributed by atoms with E-state index in [9.17, 15) is 32.9 Å². The zero-order chi connectivity index (χ0) is 23.8. The quantitative estimate of drug-likeness (QED) is 0.217. The largest absolute Gasteiger partial charge is 0.522 e. The number of amides is 1. The highest BCUT2D eigenvalue weighted by Crippen LogP contribution is 2.25. The number of hydrogen-bond donors (Lipinski definition) is 2. The van der Waals surface area contributed by atoms with Crippen LogP contribution in [0.5, 0.6) is 0 Å². The molecule has 0 atom stereocenters. The molecule has 0 bridgehead atoms. The van der Waals surface area contributed by atoms with Gasteiger partial charge < -0.3 is 5.32 Å². The van der Waals surface area contributed by atoms with Crippen LogP contribution in [0.15, 0.2) is 48.5 Å². The highest BCUT2D eigenvalue weighted by atomic mass is 32.2. The molecule has 9 nitrogen and oxygen atoms in total. The first-order chi connectivity index (χ1) is 14.3. The fourth-order valence-corrected chi connectivity index (χ4v) is 2.13. The van der Waals surface area contributed by atoms with Crippen LogP contribution in [-0.2, 0) is 14.9 Å². The Balaban J connectivity index is 0.000000512. The number of alkyl halides is 3. The Labute approximate surface area is 174 Å². The predicted octanol–water partition coefficient (Wildman–Crippen LogP) is 3.96. The number of anilines is 1. The molecule has 2 N–H and O–H groups in total. The minimum absolute atomic E-state index is 0.159. The van der Waals surface area contributed by atoms with E-state index in [0.717, 1.165) is 0 Å². The number of nitrogens with zero attached hydrogens (tertiary/aromatic N) is 1. The third-order valence-electron chi connectivity index (χ3n) is 3.54. The van der Waals surface area contributed by atoms with Gasteiger partial charge in [0.2, 0.25) is 5.91 Å². The van der Waals surface area contributed by atoms with Gasteiger partial charge in [-0.1, -0.05) is 37.3 Å². The molecule has 0 heterocycles. The van der Waals surface area contributed by atoms with Gasteiger partial charge in [0.1, 0.15) is 0 Å². The van der Waals surface area contributed by atoms with Gasteiger partial charge in [0.05, 0.1) is 10.6 Å². The normalized spacial score (nSPS) is 11.1. The number of carbonyl (C=O) groups is 2. The van der Waals surface area contributed by atoms with Gasteiger partial charge in [-0.25, -0.2) is 0 Å². The number of halogens is 3. The van der Waals surface area contributed by atoms with E-state index >= 15 is 0 Å². The Morgan fingerprint density at radius 1 is 1.13 bits per heavy atom. The zero-order valence-electron chi connectivity index (χ0n) is 15.9. The second-order valence-electron chi connectivity index (χ2n) is 5.90. The van der Waals surface area contributed by atoms with Crippen molar-refractivity contribution in [1.82, 2.24) is 0 Å². The van der Waals surface area contributed by atoms with Gasteiger partial charge in [-0.2, -0.15) is 21.6 Å². The zero-order valence-corrected chi connectivity index (χ0v) is 16.7. The molecule has 2 rings (SSSR count). The van der Waals surface area contributed by atoms with E-state index in [1.807, 2.05) is 6.92 Å². The first-order valence-corrected chi connectivity index (χ1v) is 9.93. The van der Waals surface area contributed by atoms with Crippen LogP contribution in [0.3, 0.4) is 0 Å². The molecule has 1 amide bonds. The number of nitro groups is 1. The maximum atomic E-state index is 12.6. The van der Waals surface area contributed by atoms with Crippen LogP contribution >= 0.6 is 0 Å². The summed E-state index contributed by atoms with van der Waals surface area (Å²) in [6, 6.07) is 12.4. The molecule has 0 saturated heterocycles. The van der Waals surface area contributed by atoms with Crippen LogP contribution in [-0.4, -0.2) is 35.1 Å². The molecule has 0 spiro atoms. The molecule has 2 aromatic carbocycles. The van der Waals surface area contributed by atoms with Crippen molar-refractivity contribution in [3.05, 3.63) is 69.8 Å². The molecule has 0 radical (unpaired) electrons. The van der Waals surface area contributed by atoms with Crippen LogP contribution in [0, 0.1) is 10.1 Å². The van der Waals surface area contributed by atoms with E-state index in [4.69, 9.17) is 13.0 Å². The summed E-state index contributed by atoms with van der Waals surface area (Å²) in [5.41, 5.74) is -4.88. The third-order valence-corrected chi connectivity index (χ3v) is 4.12. The SMILES string of the molecule is CCCC(=O)Nc1cc([N+](=O)[O-])ccc1C(=O)c1ccccc1.O=S(=O)(O)C(F)(F)F.